The number of nitrogens with zero attached hydrogens (tertiary/aromatic N) is 6. The van der Waals surface area contributed by atoms with Gasteiger partial charge in [0.05, 0.1) is 5.56 Å². The first-order chi connectivity index (χ1) is 19.3. The molecule has 0 saturated carbocycles. The second kappa shape index (κ2) is 12.8. The van der Waals surface area contributed by atoms with Crippen molar-refractivity contribution in [2.45, 2.75) is 74.1 Å². The average molecular weight is 553 g/mol. The molecule has 0 bridgehead atoms. The lowest BCUT2D eigenvalue weighted by molar-refractivity contribution is 1.07. The van der Waals surface area contributed by atoms with Gasteiger partial charge in [0.2, 0.25) is 5.13 Å². The van der Waals surface area contributed by atoms with Crippen molar-refractivity contribution in [3.8, 4) is 6.07 Å². The van der Waals surface area contributed by atoms with Crippen molar-refractivity contribution in [3.63, 3.8) is 0 Å². The average Bonchev–Trinajstić information content (AvgIpc) is 3.47. The van der Waals surface area contributed by atoms with Gasteiger partial charge in [-0.15, -0.1) is 10.2 Å². The van der Waals surface area contributed by atoms with Gasteiger partial charge in [-0.05, 0) is 68.7 Å². The van der Waals surface area contributed by atoms with E-state index in [4.69, 9.17) is 4.98 Å². The van der Waals surface area contributed by atoms with Crippen molar-refractivity contribution >= 4 is 45.4 Å². The molecule has 206 valence electrons. The number of hydrogen-bond donors (Lipinski definition) is 2. The van der Waals surface area contributed by atoms with E-state index in [-0.39, 0.29) is 0 Å². The third kappa shape index (κ3) is 6.02. The highest BCUT2D eigenvalue weighted by Crippen LogP contribution is 2.40. The largest absolute Gasteiger partial charge is 0.339 e. The maximum absolute atomic E-state index is 10.3. The van der Waals surface area contributed by atoms with Gasteiger partial charge >= 0.3 is 0 Å². The summed E-state index contributed by atoms with van der Waals surface area (Å²) in [7, 11) is 0. The minimum Gasteiger partial charge on any atom is -0.339 e. The van der Waals surface area contributed by atoms with Crippen molar-refractivity contribution in [2.24, 2.45) is 10.2 Å². The van der Waals surface area contributed by atoms with E-state index in [9.17, 15) is 5.26 Å². The summed E-state index contributed by atoms with van der Waals surface area (Å²) >= 11 is 1.16. The van der Waals surface area contributed by atoms with E-state index in [1.165, 1.54) is 39.7 Å². The summed E-state index contributed by atoms with van der Waals surface area (Å²) in [6.07, 6.45) is 4.90. The Morgan fingerprint density at radius 2 is 1.27 bits per heavy atom. The van der Waals surface area contributed by atoms with Crippen molar-refractivity contribution < 1.29 is 0 Å². The van der Waals surface area contributed by atoms with Crippen LogP contribution in [-0.2, 0) is 25.7 Å². The quantitative estimate of drug-likeness (QED) is 0.190. The molecular weight excluding hydrogens is 516 g/mol. The molecule has 40 heavy (non-hydrogen) atoms. The number of aromatic nitrogens is 3. The fourth-order valence-electron chi connectivity index (χ4n) is 4.99. The van der Waals surface area contributed by atoms with Crippen molar-refractivity contribution in [2.75, 3.05) is 10.6 Å². The van der Waals surface area contributed by atoms with Gasteiger partial charge in [0, 0.05) is 28.5 Å². The number of nitriles is 1. The first kappa shape index (κ1) is 28.8. The highest BCUT2D eigenvalue weighted by molar-refractivity contribution is 7.09. The van der Waals surface area contributed by atoms with Crippen molar-refractivity contribution in [3.05, 3.63) is 75.1 Å². The highest BCUT2D eigenvalue weighted by atomic mass is 32.1. The number of nitrogens with one attached hydrogen (secondary N) is 2. The van der Waals surface area contributed by atoms with E-state index in [0.29, 0.717) is 33.6 Å². The van der Waals surface area contributed by atoms with Crippen LogP contribution in [0.15, 0.2) is 40.8 Å². The Hall–Kier alpha value is -4.16. The van der Waals surface area contributed by atoms with Crippen LogP contribution in [0.2, 0.25) is 0 Å². The number of benzene rings is 2. The van der Waals surface area contributed by atoms with Crippen LogP contribution < -0.4 is 10.6 Å². The predicted molar refractivity (Wildman–Crippen MR) is 164 cm³/mol. The van der Waals surface area contributed by atoms with E-state index in [1.54, 1.807) is 0 Å². The molecule has 0 saturated heterocycles. The number of anilines is 4. The van der Waals surface area contributed by atoms with Gasteiger partial charge in [0.15, 0.2) is 11.6 Å². The monoisotopic (exact) mass is 552 g/mol. The van der Waals surface area contributed by atoms with Crippen LogP contribution in [0.1, 0.15) is 72.2 Å². The lowest BCUT2D eigenvalue weighted by Gasteiger charge is -2.21. The zero-order chi connectivity index (χ0) is 28.8. The number of azo groups is 1. The van der Waals surface area contributed by atoms with Crippen LogP contribution in [0, 0.1) is 32.1 Å². The fraction of sp³-hybridized carbons (Fsp3) is 0.355. The van der Waals surface area contributed by atoms with Gasteiger partial charge in [-0.25, -0.2) is 9.97 Å². The first-order valence-electron chi connectivity index (χ1n) is 13.7. The zero-order valence-electron chi connectivity index (χ0n) is 24.3. The molecule has 4 aromatic rings. The number of aryl methyl sites for hydroxylation is 6. The molecule has 0 spiro atoms. The molecule has 2 heterocycles. The lowest BCUT2D eigenvalue weighted by atomic mass is 9.99. The molecule has 0 aliphatic carbocycles. The van der Waals surface area contributed by atoms with Crippen molar-refractivity contribution in [1.82, 2.24) is 14.3 Å². The molecule has 0 fully saturated rings. The second-order valence-electron chi connectivity index (χ2n) is 9.77. The van der Waals surface area contributed by atoms with Crippen LogP contribution in [0.25, 0.3) is 0 Å². The minimum absolute atomic E-state index is 0.428. The zero-order valence-corrected chi connectivity index (χ0v) is 25.1. The van der Waals surface area contributed by atoms with Crippen LogP contribution in [0.3, 0.4) is 0 Å². The topological polar surface area (TPSA) is 111 Å². The molecule has 4 rings (SSSR count). The molecule has 0 atom stereocenters. The maximum Gasteiger partial charge on any atom is 0.249 e. The molecule has 2 aromatic carbocycles. The summed E-state index contributed by atoms with van der Waals surface area (Å²) < 4.78 is 4.02. The summed E-state index contributed by atoms with van der Waals surface area (Å²) in [6.45, 7) is 14.7. The Morgan fingerprint density at radius 3 is 1.70 bits per heavy atom. The van der Waals surface area contributed by atoms with Gasteiger partial charge < -0.3 is 10.6 Å². The first-order valence-corrected chi connectivity index (χ1v) is 14.5. The minimum atomic E-state index is 0.428. The molecule has 0 radical (unpaired) electrons. The second-order valence-corrected chi connectivity index (χ2v) is 10.5. The predicted octanol–water partition coefficient (Wildman–Crippen LogP) is 8.88. The molecule has 2 N–H and O–H groups in total. The van der Waals surface area contributed by atoms with Gasteiger partial charge in [-0.3, -0.25) is 0 Å². The summed E-state index contributed by atoms with van der Waals surface area (Å²) in [5.74, 6) is 1.03. The summed E-state index contributed by atoms with van der Waals surface area (Å²) in [4.78, 5) is 9.14. The molecule has 0 aliphatic rings. The van der Waals surface area contributed by atoms with E-state index in [0.717, 1.165) is 48.6 Å². The van der Waals surface area contributed by atoms with Gasteiger partial charge in [-0.1, -0.05) is 63.1 Å². The van der Waals surface area contributed by atoms with Crippen LogP contribution in [0.4, 0.5) is 33.8 Å². The molecule has 9 heteroatoms. The van der Waals surface area contributed by atoms with Crippen molar-refractivity contribution in [1.29, 1.82) is 5.26 Å². The molecule has 0 amide bonds. The van der Waals surface area contributed by atoms with E-state index in [2.05, 4.69) is 102 Å². The Morgan fingerprint density at radius 1 is 0.775 bits per heavy atom. The maximum atomic E-state index is 10.3. The SMILES string of the molecule is CCc1cc(C)cc(CC)c1Nc1nc(Nc2c(CC)cc(C)cc2CC)c(N=Nc2ncns2)c(C)c1C#N. The summed E-state index contributed by atoms with van der Waals surface area (Å²) in [5.41, 5.74) is 10.8. The smallest absolute Gasteiger partial charge is 0.249 e. The number of hydrogen-bond acceptors (Lipinski definition) is 9. The van der Waals surface area contributed by atoms with Crippen LogP contribution in [-0.4, -0.2) is 14.3 Å². The number of pyridine rings is 1. The summed E-state index contributed by atoms with van der Waals surface area (Å²) in [6, 6.07) is 11.2. The summed E-state index contributed by atoms with van der Waals surface area (Å²) in [5, 5.41) is 26.7. The van der Waals surface area contributed by atoms with Gasteiger partial charge in [0.1, 0.15) is 18.1 Å². The third-order valence-electron chi connectivity index (χ3n) is 7.01. The fourth-order valence-corrected chi connectivity index (χ4v) is 5.35. The standard InChI is InChI=1S/C31H36N8S/c1-8-21-12-18(5)13-22(9-2)27(21)35-29-25(16-32)20(7)26(38-39-31-33-17-34-40-31)30(37-29)36-28-23(10-3)14-19(6)15-24(28)11-4/h12-15,17H,8-11H2,1-7H3,(H2,35,36,37). The third-order valence-corrected chi connectivity index (χ3v) is 7.56. The van der Waals surface area contributed by atoms with Gasteiger partial charge in [0.25, 0.3) is 0 Å². The van der Waals surface area contributed by atoms with E-state index in [1.807, 2.05) is 6.92 Å². The molecule has 2 aromatic heterocycles. The van der Waals surface area contributed by atoms with Crippen LogP contribution >= 0.6 is 11.5 Å². The highest BCUT2D eigenvalue weighted by Gasteiger charge is 2.21. The molecule has 0 unspecified atom stereocenters. The molecular formula is C31H36N8S. The van der Waals surface area contributed by atoms with E-state index >= 15 is 0 Å². The van der Waals surface area contributed by atoms with E-state index < -0.39 is 0 Å². The Balaban J connectivity index is 1.94. The number of rotatable bonds is 10. The van der Waals surface area contributed by atoms with Gasteiger partial charge in [-0.2, -0.15) is 9.64 Å². The molecule has 8 nitrogen and oxygen atoms in total. The molecule has 0 aliphatic heterocycles. The Bertz CT molecular complexity index is 1530. The Labute approximate surface area is 240 Å². The van der Waals surface area contributed by atoms with Crippen LogP contribution in [0.5, 0.6) is 0 Å². The normalized spacial score (nSPS) is 11.2. The lowest BCUT2D eigenvalue weighted by Crippen LogP contribution is -2.09. The Kier molecular flexibility index (Phi) is 9.22.